The predicted octanol–water partition coefficient (Wildman–Crippen LogP) is 6.43. The molecule has 3 aliphatic heterocycles. The minimum Gasteiger partial charge on any atom is -0.481 e. The summed E-state index contributed by atoms with van der Waals surface area (Å²) in [6.45, 7) is 12.7. The lowest BCUT2D eigenvalue weighted by molar-refractivity contribution is -0.266. The number of hydrogen-bond donors (Lipinski definition) is 4. The van der Waals surface area contributed by atoms with Crippen molar-refractivity contribution < 1.29 is 77.6 Å². The fourth-order valence-corrected chi connectivity index (χ4v) is 10.9. The van der Waals surface area contributed by atoms with Gasteiger partial charge in [-0.3, -0.25) is 24.0 Å². The number of cyclic esters (lactones) is 1. The van der Waals surface area contributed by atoms with Crippen LogP contribution in [0.2, 0.25) is 0 Å². The van der Waals surface area contributed by atoms with Gasteiger partial charge in [-0.15, -0.1) is 0 Å². The molecule has 2 bridgehead atoms. The summed E-state index contributed by atoms with van der Waals surface area (Å²) >= 11 is 0. The van der Waals surface area contributed by atoms with Gasteiger partial charge >= 0.3 is 11.9 Å². The molecule has 17 heteroatoms. The number of ether oxygens (including phenoxy) is 6. The molecule has 1 aliphatic carbocycles. The summed E-state index contributed by atoms with van der Waals surface area (Å²) in [7, 11) is 2.98. The van der Waals surface area contributed by atoms with Crippen molar-refractivity contribution in [1.29, 1.82) is 0 Å². The Labute approximate surface area is 433 Å². The lowest BCUT2D eigenvalue weighted by Crippen LogP contribution is -2.61. The molecule has 0 spiro atoms. The van der Waals surface area contributed by atoms with Crippen LogP contribution in [0.4, 0.5) is 0 Å². The predicted molar refractivity (Wildman–Crippen MR) is 272 cm³/mol. The van der Waals surface area contributed by atoms with Crippen molar-refractivity contribution in [3.8, 4) is 0 Å². The second-order valence-corrected chi connectivity index (χ2v) is 21.3. The van der Waals surface area contributed by atoms with E-state index in [1.165, 1.54) is 7.11 Å². The molecule has 1 saturated carbocycles. The van der Waals surface area contributed by atoms with E-state index in [1.54, 1.807) is 40.9 Å². The van der Waals surface area contributed by atoms with E-state index in [4.69, 9.17) is 28.4 Å². The first kappa shape index (κ1) is 61.6. The molecular formula is C56H87NO16. The molecule has 73 heavy (non-hydrogen) atoms. The van der Waals surface area contributed by atoms with Crippen LogP contribution < -0.4 is 0 Å². The SMILES string of the molecule is CO[C@@H]1C[C@H](C[C@@H](C)[C@@H]2CC(=O)[C@H](C)/C=C(\C)[C@@H](O)[C@@H](OC)C(=O)[C@H](C)C[C@H](C)/C=C/C=C/C=C(\C)C(OCCCC(=O)O)C[C@@H]3CC[C@@H](C)[C@@](O)(O3)C(=O)C(=O)N3CCCC[C@H]3C(=O)O2)CC[C@H]1OCCO. The molecule has 0 aromatic rings. The van der Waals surface area contributed by atoms with Crippen molar-refractivity contribution in [3.63, 3.8) is 0 Å². The Morgan fingerprint density at radius 1 is 0.877 bits per heavy atom. The van der Waals surface area contributed by atoms with Crippen LogP contribution in [-0.2, 0) is 57.2 Å². The minimum atomic E-state index is -2.52. The van der Waals surface area contributed by atoms with Crippen LogP contribution in [0.1, 0.15) is 138 Å². The maximum absolute atomic E-state index is 14.5. The van der Waals surface area contributed by atoms with Crippen LogP contribution in [0.25, 0.3) is 0 Å². The van der Waals surface area contributed by atoms with Gasteiger partial charge in [0.15, 0.2) is 5.78 Å². The molecular weight excluding hydrogens is 943 g/mol. The highest BCUT2D eigenvalue weighted by Crippen LogP contribution is 2.38. The number of aliphatic hydroxyl groups excluding tert-OH is 2. The first-order valence-corrected chi connectivity index (χ1v) is 26.7. The summed E-state index contributed by atoms with van der Waals surface area (Å²) in [5, 5.41) is 42.2. The van der Waals surface area contributed by atoms with Gasteiger partial charge in [-0.05, 0) is 113 Å². The summed E-state index contributed by atoms with van der Waals surface area (Å²) < 4.78 is 36.0. The van der Waals surface area contributed by atoms with Crippen LogP contribution in [-0.4, -0.2) is 156 Å². The van der Waals surface area contributed by atoms with Gasteiger partial charge in [-0.25, -0.2) is 4.79 Å². The smallest absolute Gasteiger partial charge is 0.329 e. The Morgan fingerprint density at radius 2 is 1.62 bits per heavy atom. The molecule has 15 atom stereocenters. The lowest BCUT2D eigenvalue weighted by atomic mass is 9.78. The molecule has 4 N–H and O–H groups in total. The third kappa shape index (κ3) is 17.8. The standard InChI is InChI=1S/C56H87NO16/c1-34-16-11-10-12-17-35(2)46(70-26-15-19-49(60)61)32-42-22-20-40(7)56(67,73-42)53(64)54(65)57-24-14-13-18-43(57)55(66)72-47(37(4)30-41-21-23-45(71-27-25-58)48(31-41)68-8)33-44(59)36(3)29-39(6)51(63)52(69-9)50(62)38(5)28-34/h10-12,16-17,29,34,36-38,40-43,45-48,51-52,58,63,67H,13-15,18-28,30-33H2,1-9H3,(H,60,61)/b12-10+,16-11+,35-17+,39-29+/t34-,36-,37-,38-,40-,41+,42+,43+,45-,46?,47+,48-,51-,52+,56-/m1/s1. The normalized spacial score (nSPS) is 37.2. The molecule has 3 heterocycles. The number of allylic oxidation sites excluding steroid dienone is 6. The average Bonchev–Trinajstić information content (AvgIpc) is 3.36. The Balaban J connectivity index is 1.72. The summed E-state index contributed by atoms with van der Waals surface area (Å²) in [6, 6.07) is -1.19. The molecule has 3 fully saturated rings. The van der Waals surface area contributed by atoms with Gasteiger partial charge in [-0.1, -0.05) is 71.1 Å². The zero-order chi connectivity index (χ0) is 54.0. The van der Waals surface area contributed by atoms with E-state index in [0.717, 1.165) is 16.9 Å². The first-order valence-electron chi connectivity index (χ1n) is 26.7. The molecule has 1 unspecified atom stereocenters. The Bertz CT molecular complexity index is 1960. The van der Waals surface area contributed by atoms with E-state index in [-0.39, 0.29) is 100.0 Å². The number of carboxylic acid groups (broad SMARTS) is 1. The minimum absolute atomic E-state index is 0.0364. The molecule has 2 saturated heterocycles. The Kier molecular flexibility index (Phi) is 25.3. The lowest BCUT2D eigenvalue weighted by Gasteiger charge is -2.43. The van der Waals surface area contributed by atoms with Crippen molar-refractivity contribution in [2.45, 2.75) is 193 Å². The van der Waals surface area contributed by atoms with Crippen molar-refractivity contribution >= 4 is 35.2 Å². The summed E-state index contributed by atoms with van der Waals surface area (Å²) in [4.78, 5) is 83.9. The van der Waals surface area contributed by atoms with Gasteiger partial charge in [0, 0.05) is 64.4 Å². The second-order valence-electron chi connectivity index (χ2n) is 21.3. The van der Waals surface area contributed by atoms with E-state index >= 15 is 0 Å². The highest BCUT2D eigenvalue weighted by molar-refractivity contribution is 6.39. The van der Waals surface area contributed by atoms with Gasteiger partial charge in [0.1, 0.15) is 30.1 Å². The number of rotatable bonds is 13. The summed E-state index contributed by atoms with van der Waals surface area (Å²) in [6.07, 6.45) is 10.9. The number of nitrogens with zero attached hydrogens (tertiary/aromatic N) is 1. The number of aliphatic hydroxyl groups is 3. The number of ketones is 3. The van der Waals surface area contributed by atoms with E-state index in [2.05, 4.69) is 0 Å². The number of amides is 1. The number of carbonyl (C=O) groups is 6. The van der Waals surface area contributed by atoms with Crippen LogP contribution in [0.5, 0.6) is 0 Å². The zero-order valence-electron chi connectivity index (χ0n) is 44.9. The maximum Gasteiger partial charge on any atom is 0.329 e. The monoisotopic (exact) mass is 1030 g/mol. The molecule has 4 rings (SSSR count). The number of esters is 1. The van der Waals surface area contributed by atoms with E-state index in [9.17, 15) is 49.2 Å². The quantitative estimate of drug-likeness (QED) is 0.0672. The van der Waals surface area contributed by atoms with Crippen molar-refractivity contribution in [2.24, 2.45) is 35.5 Å². The largest absolute Gasteiger partial charge is 0.481 e. The van der Waals surface area contributed by atoms with Gasteiger partial charge in [0.25, 0.3) is 11.7 Å². The van der Waals surface area contributed by atoms with E-state index in [1.807, 2.05) is 51.2 Å². The van der Waals surface area contributed by atoms with Crippen molar-refractivity contribution in [3.05, 3.63) is 47.6 Å². The highest BCUT2D eigenvalue weighted by Gasteiger charge is 2.53. The maximum atomic E-state index is 14.5. The third-order valence-electron chi connectivity index (χ3n) is 15.4. The van der Waals surface area contributed by atoms with Gasteiger partial charge in [-0.2, -0.15) is 0 Å². The number of aliphatic carboxylic acids is 1. The number of hydrogen-bond acceptors (Lipinski definition) is 15. The van der Waals surface area contributed by atoms with E-state index < -0.39 is 83.7 Å². The summed E-state index contributed by atoms with van der Waals surface area (Å²) in [5.74, 6) is -9.43. The highest BCUT2D eigenvalue weighted by atomic mass is 16.6. The Morgan fingerprint density at radius 3 is 2.30 bits per heavy atom. The topological polar surface area (TPSA) is 242 Å². The van der Waals surface area contributed by atoms with Gasteiger partial charge in [0.2, 0.25) is 5.79 Å². The van der Waals surface area contributed by atoms with E-state index in [0.29, 0.717) is 56.9 Å². The van der Waals surface area contributed by atoms with Crippen molar-refractivity contribution in [1.82, 2.24) is 4.90 Å². The fraction of sp³-hybridized carbons (Fsp3) is 0.750. The second kappa shape index (κ2) is 30.0. The molecule has 0 radical (unpaired) electrons. The third-order valence-corrected chi connectivity index (χ3v) is 15.4. The number of carbonyl (C=O) groups excluding carboxylic acids is 5. The van der Waals surface area contributed by atoms with Gasteiger partial charge < -0.3 is 53.7 Å². The fourth-order valence-electron chi connectivity index (χ4n) is 10.9. The van der Waals surface area contributed by atoms with Crippen LogP contribution in [0.3, 0.4) is 0 Å². The molecule has 0 aromatic carbocycles. The molecule has 17 nitrogen and oxygen atoms in total. The number of fused-ring (bicyclic) bond motifs is 3. The van der Waals surface area contributed by atoms with Crippen LogP contribution >= 0.6 is 0 Å². The summed E-state index contributed by atoms with van der Waals surface area (Å²) in [5.41, 5.74) is 1.14. The number of carboxylic acids is 1. The number of methoxy groups -OCH3 is 2. The Hall–Kier alpha value is -3.94. The molecule has 1 amide bonds. The van der Waals surface area contributed by atoms with Gasteiger partial charge in [0.05, 0.1) is 37.6 Å². The van der Waals surface area contributed by atoms with Crippen LogP contribution in [0, 0.1) is 35.5 Å². The number of Topliss-reactive ketones (excluding diaryl/α,β-unsaturated/α-hetero) is 3. The molecule has 412 valence electrons. The van der Waals surface area contributed by atoms with Crippen molar-refractivity contribution in [2.75, 3.05) is 40.6 Å². The number of piperidine rings is 1. The first-order chi connectivity index (χ1) is 34.6. The zero-order valence-corrected chi connectivity index (χ0v) is 44.9. The molecule has 0 aromatic heterocycles. The molecule has 4 aliphatic rings. The van der Waals surface area contributed by atoms with Crippen LogP contribution in [0.15, 0.2) is 47.6 Å². The average molecular weight is 1030 g/mol.